The third-order valence-electron chi connectivity index (χ3n) is 18.5. The predicted molar refractivity (Wildman–Crippen MR) is 496 cm³/mol. The van der Waals surface area contributed by atoms with E-state index in [0.29, 0.717) is 101 Å². The summed E-state index contributed by atoms with van der Waals surface area (Å²) in [6.45, 7) is 17.4. The highest BCUT2D eigenvalue weighted by molar-refractivity contribution is 7.23. The minimum atomic E-state index is -0.0733. The van der Waals surface area contributed by atoms with E-state index < -0.39 is 0 Å². The van der Waals surface area contributed by atoms with Gasteiger partial charge in [0.1, 0.15) is 47.4 Å². The first-order chi connectivity index (χ1) is 59.0. The number of nitrogen functional groups attached to an aromatic ring is 1. The maximum atomic E-state index is 12.9. The minimum Gasteiger partial charge on any atom is -0.492 e. The average Bonchev–Trinajstić information content (AvgIpc) is 1.75. The Balaban J connectivity index is 0.000000159. The van der Waals surface area contributed by atoms with E-state index in [1.807, 2.05) is 236 Å². The van der Waals surface area contributed by atoms with Gasteiger partial charge in [-0.2, -0.15) is 0 Å². The number of nitrogens with two attached hydrogens (primary N) is 2. The van der Waals surface area contributed by atoms with E-state index in [-0.39, 0.29) is 11.9 Å². The van der Waals surface area contributed by atoms with E-state index >= 15 is 0 Å². The number of ether oxygens (including phenoxy) is 8. The number of rotatable bonds is 36. The van der Waals surface area contributed by atoms with E-state index in [9.17, 15) is 4.79 Å². The number of oxazole rings is 1. The van der Waals surface area contributed by atoms with Crippen LogP contribution < -0.4 is 45.9 Å². The lowest BCUT2D eigenvalue weighted by Gasteiger charge is -2.24. The number of benzene rings is 6. The third kappa shape index (κ3) is 28.4. The molecule has 1 unspecified atom stereocenters. The lowest BCUT2D eigenvalue weighted by Crippen LogP contribution is -2.35. The molecule has 6 aromatic carbocycles. The molecular formula is C95H110N14O10S2. The zero-order chi connectivity index (χ0) is 85.5. The van der Waals surface area contributed by atoms with Gasteiger partial charge in [-0.25, -0.2) is 29.9 Å². The number of imidazole rings is 1. The molecule has 0 aliphatic carbocycles. The molecule has 14 rings (SSSR count). The van der Waals surface area contributed by atoms with Gasteiger partial charge in [-0.05, 0) is 152 Å². The molecule has 8 heterocycles. The number of para-hydroxylation sites is 1. The van der Waals surface area contributed by atoms with Gasteiger partial charge < -0.3 is 74.2 Å². The first kappa shape index (κ1) is 90.9. The molecular weight excluding hydrogens is 1560 g/mol. The Morgan fingerprint density at radius 3 is 1.78 bits per heavy atom. The molecule has 0 fully saturated rings. The summed E-state index contributed by atoms with van der Waals surface area (Å²) in [5, 5.41) is 9.16. The third-order valence-corrected chi connectivity index (χ3v) is 20.6. The number of thiazole rings is 2. The van der Waals surface area contributed by atoms with Gasteiger partial charge in [0.15, 0.2) is 15.7 Å². The topological polar surface area (TPSA) is 281 Å². The summed E-state index contributed by atoms with van der Waals surface area (Å²) in [5.74, 6) is 3.28. The van der Waals surface area contributed by atoms with Gasteiger partial charge in [0, 0.05) is 154 Å². The predicted octanol–water partition coefficient (Wildman–Crippen LogP) is 19.4. The van der Waals surface area contributed by atoms with Crippen LogP contribution in [0.15, 0.2) is 211 Å². The van der Waals surface area contributed by atoms with Crippen LogP contribution in [0.25, 0.3) is 96.2 Å². The SMILES string of the molecule is CCC(C)N(C)C(=O)c1cc2ccccc2c(-c2ccccc2N)n1.CCCOCCOCCOc1ccc(/C=C/c2ccc(NC)cc2)cc1.CCCOCCOCCOc1ccc(/C=C/c2ccc(NC)cc2)cn1.CN(C)c1ncc(/C=C/c2nc3ccc(OCCN)cc3o2)s1.COc1ccc2c(n1)sc1nc(-c3ccc(C)nc3)cn12. The summed E-state index contributed by atoms with van der Waals surface area (Å²) in [5.41, 5.74) is 26.4. The molecule has 6 N–H and O–H groups in total. The second-order valence-corrected chi connectivity index (χ2v) is 29.7. The number of nitrogens with one attached hydrogen (secondary N) is 2. The van der Waals surface area contributed by atoms with Crippen LogP contribution in [-0.2, 0) is 18.9 Å². The van der Waals surface area contributed by atoms with E-state index in [1.165, 1.54) is 5.56 Å². The van der Waals surface area contributed by atoms with Crippen molar-refractivity contribution in [2.24, 2.45) is 5.73 Å². The highest BCUT2D eigenvalue weighted by atomic mass is 32.1. The summed E-state index contributed by atoms with van der Waals surface area (Å²) in [4.78, 5) is 50.7. The highest BCUT2D eigenvalue weighted by Gasteiger charge is 2.21. The number of fused-ring (bicyclic) bond motifs is 5. The number of hydrogen-bond acceptors (Lipinski definition) is 24. The Labute approximate surface area is 716 Å². The van der Waals surface area contributed by atoms with Crippen LogP contribution >= 0.6 is 22.7 Å². The fraction of sp³-hybridized carbons (Fsp3) is 0.284. The van der Waals surface area contributed by atoms with E-state index in [0.717, 1.165) is 142 Å². The van der Waals surface area contributed by atoms with Gasteiger partial charge >= 0.3 is 0 Å². The number of carbonyl (C=O) groups is 1. The van der Waals surface area contributed by atoms with Crippen molar-refractivity contribution in [1.82, 2.24) is 44.2 Å². The van der Waals surface area contributed by atoms with Gasteiger partial charge in [0.05, 0.1) is 63.7 Å². The minimum absolute atomic E-state index is 0.0733. The van der Waals surface area contributed by atoms with Crippen LogP contribution in [0.3, 0.4) is 0 Å². The van der Waals surface area contributed by atoms with Crippen molar-refractivity contribution in [2.75, 3.05) is 143 Å². The molecule has 121 heavy (non-hydrogen) atoms. The van der Waals surface area contributed by atoms with Crippen molar-refractivity contribution in [1.29, 1.82) is 0 Å². The Bertz CT molecular complexity index is 5420. The Kier molecular flexibility index (Phi) is 36.5. The van der Waals surface area contributed by atoms with Gasteiger partial charge in [0.25, 0.3) is 5.91 Å². The van der Waals surface area contributed by atoms with Crippen LogP contribution in [0.1, 0.15) is 96.2 Å². The van der Waals surface area contributed by atoms with Crippen molar-refractivity contribution in [2.45, 2.75) is 59.9 Å². The first-order valence-corrected chi connectivity index (χ1v) is 42.1. The molecule has 1 atom stereocenters. The fourth-order valence-electron chi connectivity index (χ4n) is 11.6. The molecule has 632 valence electrons. The molecule has 0 saturated carbocycles. The summed E-state index contributed by atoms with van der Waals surface area (Å²) in [6, 6.07) is 59.5. The molecule has 24 nitrogen and oxygen atoms in total. The second-order valence-electron chi connectivity index (χ2n) is 27.7. The maximum Gasteiger partial charge on any atom is 0.272 e. The van der Waals surface area contributed by atoms with Crippen molar-refractivity contribution >= 4 is 124 Å². The van der Waals surface area contributed by atoms with Crippen LogP contribution in [0, 0.1) is 6.92 Å². The number of anilines is 4. The van der Waals surface area contributed by atoms with Gasteiger partial charge in [-0.15, -0.1) is 0 Å². The summed E-state index contributed by atoms with van der Waals surface area (Å²) < 4.78 is 51.3. The standard InChI is InChI=1S/C22H29NO3.C21H23N3O.C21H28N2O3.C16H18N4O2S.C15H12N4OS/c1-3-14-24-15-16-25-17-18-26-22-12-8-20(9-13-22)5-4-19-6-10-21(23-2)11-7-19;1-4-14(2)24(3)21(25)19-13-15-9-5-6-10-16(15)20(23-19)17-11-7-8-12-18(17)22;1-3-12-24-13-14-25-15-16-26-21-11-8-19(17-23-21)5-4-18-6-9-20(22-2)10-7-18;1-20(2)16-18-10-12(23-16)4-6-15-19-13-5-3-11(21-8-7-17)9-14(13)22-15;1-9-3-4-10(7-16-9)11-8-19-12-5-6-13(20-2)18-14(12)21-15(19)17-11/h4-13,23H,3,14-18H2,1-2H3;5-14H,4,22H2,1-3H3;4-11,17,22H,3,12-16H2,1-2H3;3-6,9-10H,7-8,17H2,1-2H3;3-8H,1-2H3/b5-4+;;5-4+;6-4+;. The average molecular weight is 1670 g/mol. The molecule has 0 spiro atoms. The Morgan fingerprint density at radius 2 is 1.17 bits per heavy atom. The molecule has 0 bridgehead atoms. The van der Waals surface area contributed by atoms with Crippen molar-refractivity contribution < 1.29 is 47.1 Å². The summed E-state index contributed by atoms with van der Waals surface area (Å²) >= 11 is 3.16. The quantitative estimate of drug-likeness (QED) is 0.0161. The Hall–Kier alpha value is -12.4. The highest BCUT2D eigenvalue weighted by Crippen LogP contribution is 2.34. The molecule has 0 radical (unpaired) electrons. The lowest BCUT2D eigenvalue weighted by molar-refractivity contribution is 0.0361. The van der Waals surface area contributed by atoms with E-state index in [4.69, 9.17) is 58.8 Å². The van der Waals surface area contributed by atoms with Crippen molar-refractivity contribution in [3.63, 3.8) is 0 Å². The van der Waals surface area contributed by atoms with Gasteiger partial charge in [-0.1, -0.05) is 147 Å². The molecule has 26 heteroatoms. The molecule has 8 aromatic heterocycles. The molecule has 14 aromatic rings. The molecule has 0 aliphatic rings. The van der Waals surface area contributed by atoms with E-state index in [1.54, 1.807) is 40.9 Å². The molecule has 0 aliphatic heterocycles. The monoisotopic (exact) mass is 1670 g/mol. The number of aromatic nitrogens is 8. The number of methoxy groups -OCH3 is 1. The molecule has 0 saturated heterocycles. The second kappa shape index (κ2) is 48.6. The fourth-order valence-corrected chi connectivity index (χ4v) is 13.3. The van der Waals surface area contributed by atoms with Gasteiger partial charge in [-0.3, -0.25) is 14.2 Å². The number of hydrogen-bond donors (Lipinski definition) is 4. The van der Waals surface area contributed by atoms with Crippen molar-refractivity contribution in [3.05, 3.63) is 251 Å². The normalized spacial score (nSPS) is 11.4. The van der Waals surface area contributed by atoms with Crippen LogP contribution in [0.4, 0.5) is 22.2 Å². The number of amides is 1. The van der Waals surface area contributed by atoms with Gasteiger partial charge in [0.2, 0.25) is 17.7 Å². The Morgan fingerprint density at radius 1 is 0.570 bits per heavy atom. The van der Waals surface area contributed by atoms with Crippen LogP contribution in [0.5, 0.6) is 23.3 Å². The molecule has 1 amide bonds. The van der Waals surface area contributed by atoms with Crippen LogP contribution in [0.2, 0.25) is 0 Å². The number of pyridine rings is 4. The summed E-state index contributed by atoms with van der Waals surface area (Å²) in [7, 11) is 11.2. The maximum absolute atomic E-state index is 12.9. The van der Waals surface area contributed by atoms with E-state index in [2.05, 4.69) is 120 Å². The largest absolute Gasteiger partial charge is 0.492 e. The first-order valence-electron chi connectivity index (χ1n) is 40.4. The number of nitrogens with zero attached hydrogens (tertiary/aromatic N) is 10. The summed E-state index contributed by atoms with van der Waals surface area (Å²) in [6.07, 6.45) is 22.5. The zero-order valence-corrected chi connectivity index (χ0v) is 72.4. The number of carbonyl (C=O) groups excluding carboxylic acids is 1. The smallest absolute Gasteiger partial charge is 0.272 e. The van der Waals surface area contributed by atoms with Crippen LogP contribution in [-0.4, -0.2) is 178 Å². The lowest BCUT2D eigenvalue weighted by atomic mass is 10.0. The number of aryl methyl sites for hydroxylation is 1. The van der Waals surface area contributed by atoms with Crippen molar-refractivity contribution in [3.8, 4) is 45.8 Å². The zero-order valence-electron chi connectivity index (χ0n) is 70.8.